The highest BCUT2D eigenvalue weighted by Crippen LogP contribution is 2.21. The van der Waals surface area contributed by atoms with Crippen molar-refractivity contribution in [3.63, 3.8) is 0 Å². The molecule has 0 aliphatic rings. The smallest absolute Gasteiger partial charge is 0.407 e. The first kappa shape index (κ1) is 26.4. The molecule has 2 aromatic carbocycles. The zero-order chi connectivity index (χ0) is 25.9. The van der Waals surface area contributed by atoms with Crippen LogP contribution in [0.3, 0.4) is 0 Å². The Labute approximate surface area is 208 Å². The zero-order valence-corrected chi connectivity index (χ0v) is 20.0. The Balaban J connectivity index is 1.57. The largest absolute Gasteiger partial charge is 0.445 e. The topological polar surface area (TPSA) is 153 Å². The van der Waals surface area contributed by atoms with Gasteiger partial charge >= 0.3 is 11.7 Å². The van der Waals surface area contributed by atoms with Crippen LogP contribution in [0.1, 0.15) is 30.4 Å². The summed E-state index contributed by atoms with van der Waals surface area (Å²) in [6.07, 6.45) is 0.915. The Bertz CT molecular complexity index is 1260. The van der Waals surface area contributed by atoms with Gasteiger partial charge in [-0.25, -0.2) is 9.59 Å². The molecule has 0 unspecified atom stereocenters. The molecule has 3 aromatic rings. The molecule has 0 bridgehead atoms. The molecular formula is C26H30N4O6. The molecule has 1 aromatic heterocycles. The fourth-order valence-electron chi connectivity index (χ4n) is 3.57. The molecule has 0 aliphatic heterocycles. The van der Waals surface area contributed by atoms with Gasteiger partial charge in [-0.2, -0.15) is 0 Å². The second kappa shape index (κ2) is 13.1. The second-order valence-electron chi connectivity index (χ2n) is 8.27. The number of ether oxygens (including phenoxy) is 1. The van der Waals surface area contributed by atoms with Crippen LogP contribution in [-0.2, 0) is 20.9 Å². The molecule has 5 N–H and O–H groups in total. The van der Waals surface area contributed by atoms with E-state index >= 15 is 0 Å². The first-order valence-corrected chi connectivity index (χ1v) is 11.6. The van der Waals surface area contributed by atoms with E-state index in [4.69, 9.17) is 14.9 Å². The number of nitrogens with one attached hydrogen (secondary N) is 3. The average molecular weight is 495 g/mol. The van der Waals surface area contributed by atoms with Gasteiger partial charge in [0.05, 0.1) is 0 Å². The molecule has 10 nitrogen and oxygen atoms in total. The summed E-state index contributed by atoms with van der Waals surface area (Å²) in [6, 6.07) is 14.7. The van der Waals surface area contributed by atoms with Crippen LogP contribution in [0, 0.1) is 6.92 Å². The molecule has 0 radical (unpaired) electrons. The van der Waals surface area contributed by atoms with E-state index in [0.29, 0.717) is 37.1 Å². The lowest BCUT2D eigenvalue weighted by atomic mass is 10.1. The number of nitrogens with two attached hydrogens (primary N) is 1. The molecule has 0 spiro atoms. The molecule has 190 valence electrons. The summed E-state index contributed by atoms with van der Waals surface area (Å²) >= 11 is 0. The summed E-state index contributed by atoms with van der Waals surface area (Å²) in [5, 5.41) is 8.53. The number of anilines is 1. The van der Waals surface area contributed by atoms with Gasteiger partial charge < -0.3 is 30.8 Å². The zero-order valence-electron chi connectivity index (χ0n) is 20.0. The van der Waals surface area contributed by atoms with Crippen LogP contribution < -0.4 is 27.3 Å². The lowest BCUT2D eigenvalue weighted by Gasteiger charge is -2.19. The molecule has 10 heteroatoms. The van der Waals surface area contributed by atoms with Gasteiger partial charge in [-0.05, 0) is 56.0 Å². The number of benzene rings is 2. The molecule has 0 saturated heterocycles. The third-order valence-electron chi connectivity index (χ3n) is 5.42. The van der Waals surface area contributed by atoms with Crippen molar-refractivity contribution in [2.45, 2.75) is 38.8 Å². The van der Waals surface area contributed by atoms with Gasteiger partial charge in [-0.1, -0.05) is 30.3 Å². The van der Waals surface area contributed by atoms with Crippen LogP contribution in [0.2, 0.25) is 0 Å². The third kappa shape index (κ3) is 7.95. The first-order valence-electron chi connectivity index (χ1n) is 11.6. The molecule has 1 atom stereocenters. The first-order chi connectivity index (χ1) is 17.4. The molecule has 1 heterocycles. The number of alkyl carbamates (subject to hydrolysis) is 1. The predicted octanol–water partition coefficient (Wildman–Crippen LogP) is 2.58. The minimum Gasteiger partial charge on any atom is -0.445 e. The molecule has 0 aliphatic carbocycles. The van der Waals surface area contributed by atoms with Gasteiger partial charge in [0.25, 0.3) is 0 Å². The fourth-order valence-corrected chi connectivity index (χ4v) is 3.57. The summed E-state index contributed by atoms with van der Waals surface area (Å²) < 4.78 is 10.3. The molecule has 3 amide bonds. The maximum atomic E-state index is 12.9. The number of aryl methyl sites for hydroxylation is 1. The number of carbonyl (C=O) groups excluding carboxylic acids is 3. The monoisotopic (exact) mass is 494 g/mol. The van der Waals surface area contributed by atoms with Gasteiger partial charge in [0.1, 0.15) is 24.8 Å². The van der Waals surface area contributed by atoms with Crippen LogP contribution in [0.15, 0.2) is 63.8 Å². The van der Waals surface area contributed by atoms with Gasteiger partial charge in [0.15, 0.2) is 0 Å². The van der Waals surface area contributed by atoms with Crippen molar-refractivity contribution < 1.29 is 23.5 Å². The van der Waals surface area contributed by atoms with Crippen molar-refractivity contribution in [3.05, 3.63) is 76.1 Å². The van der Waals surface area contributed by atoms with Gasteiger partial charge in [0.2, 0.25) is 11.8 Å². The van der Waals surface area contributed by atoms with E-state index in [9.17, 15) is 19.2 Å². The normalized spacial score (nSPS) is 11.5. The standard InChI is InChI=1S/C26H30N4O6/c1-17-13-24(32)36-22-14-19(10-11-20(17)22)29-25(33)21(9-5-6-12-27)30-23(31)15-28-26(34)35-16-18-7-3-2-4-8-18/h2-4,7-8,10-11,13-14,21H,5-6,9,12,15-16,27H2,1H3,(H,28,34)(H,29,33)(H,30,31)/t21-/m0/s1. The van der Waals surface area contributed by atoms with Crippen molar-refractivity contribution in [1.82, 2.24) is 10.6 Å². The van der Waals surface area contributed by atoms with E-state index in [1.54, 1.807) is 25.1 Å². The van der Waals surface area contributed by atoms with Crippen LogP contribution in [0.4, 0.5) is 10.5 Å². The summed E-state index contributed by atoms with van der Waals surface area (Å²) in [7, 11) is 0. The SMILES string of the molecule is Cc1cc(=O)oc2cc(NC(=O)[C@H](CCCCN)NC(=O)CNC(=O)OCc3ccccc3)ccc12. The van der Waals surface area contributed by atoms with E-state index in [2.05, 4.69) is 16.0 Å². The maximum absolute atomic E-state index is 12.9. The second-order valence-corrected chi connectivity index (χ2v) is 8.27. The number of hydrogen-bond donors (Lipinski definition) is 4. The Morgan fingerprint density at radius 2 is 1.83 bits per heavy atom. The summed E-state index contributed by atoms with van der Waals surface area (Å²) in [6.45, 7) is 1.98. The van der Waals surface area contributed by atoms with Crippen molar-refractivity contribution in [3.8, 4) is 0 Å². The van der Waals surface area contributed by atoms with E-state index in [0.717, 1.165) is 16.5 Å². The number of amides is 3. The number of carbonyl (C=O) groups is 3. The summed E-state index contributed by atoms with van der Waals surface area (Å²) in [4.78, 5) is 49.0. The van der Waals surface area contributed by atoms with Crippen LogP contribution in [0.5, 0.6) is 0 Å². The predicted molar refractivity (Wildman–Crippen MR) is 135 cm³/mol. The van der Waals surface area contributed by atoms with Crippen LogP contribution in [0.25, 0.3) is 11.0 Å². The minimum absolute atomic E-state index is 0.0732. The molecular weight excluding hydrogens is 464 g/mol. The van der Waals surface area contributed by atoms with Gasteiger partial charge in [0, 0.05) is 23.2 Å². The Hall–Kier alpha value is -4.18. The lowest BCUT2D eigenvalue weighted by Crippen LogP contribution is -2.47. The lowest BCUT2D eigenvalue weighted by molar-refractivity contribution is -0.126. The third-order valence-corrected chi connectivity index (χ3v) is 5.42. The number of fused-ring (bicyclic) bond motifs is 1. The molecule has 0 saturated carbocycles. The van der Waals surface area contributed by atoms with E-state index in [1.165, 1.54) is 6.07 Å². The minimum atomic E-state index is -0.855. The molecule has 36 heavy (non-hydrogen) atoms. The summed E-state index contributed by atoms with van der Waals surface area (Å²) in [5.74, 6) is -0.985. The van der Waals surface area contributed by atoms with Crippen molar-refractivity contribution in [2.75, 3.05) is 18.4 Å². The van der Waals surface area contributed by atoms with Gasteiger partial charge in [-0.3, -0.25) is 9.59 Å². The quantitative estimate of drug-likeness (QED) is 0.236. The number of hydrogen-bond acceptors (Lipinski definition) is 7. The highest BCUT2D eigenvalue weighted by Gasteiger charge is 2.21. The number of unbranched alkanes of at least 4 members (excludes halogenated alkanes) is 1. The molecule has 3 rings (SSSR count). The van der Waals surface area contributed by atoms with Gasteiger partial charge in [-0.15, -0.1) is 0 Å². The number of rotatable bonds is 11. The van der Waals surface area contributed by atoms with Crippen LogP contribution >= 0.6 is 0 Å². The van der Waals surface area contributed by atoms with Crippen LogP contribution in [-0.4, -0.2) is 37.0 Å². The summed E-state index contributed by atoms with van der Waals surface area (Å²) in [5.41, 5.74) is 7.42. The fraction of sp³-hybridized carbons (Fsp3) is 0.308. The Morgan fingerprint density at radius 1 is 1.06 bits per heavy atom. The van der Waals surface area contributed by atoms with Crippen molar-refractivity contribution in [1.29, 1.82) is 0 Å². The maximum Gasteiger partial charge on any atom is 0.407 e. The van der Waals surface area contributed by atoms with E-state index in [-0.39, 0.29) is 13.2 Å². The average Bonchev–Trinajstić information content (AvgIpc) is 2.86. The van der Waals surface area contributed by atoms with E-state index in [1.807, 2.05) is 30.3 Å². The van der Waals surface area contributed by atoms with E-state index < -0.39 is 29.6 Å². The highest BCUT2D eigenvalue weighted by molar-refractivity contribution is 5.99. The Kier molecular flexibility index (Phi) is 9.58. The Morgan fingerprint density at radius 3 is 2.58 bits per heavy atom. The molecule has 0 fully saturated rings. The highest BCUT2D eigenvalue weighted by atomic mass is 16.5. The van der Waals surface area contributed by atoms with Crippen molar-refractivity contribution in [2.24, 2.45) is 5.73 Å². The van der Waals surface area contributed by atoms with Crippen molar-refractivity contribution >= 4 is 34.6 Å².